The Balaban J connectivity index is 1.65. The smallest absolute Gasteiger partial charge is 0.239 e. The number of halogens is 1. The van der Waals surface area contributed by atoms with Gasteiger partial charge in [-0.05, 0) is 51.0 Å². The molecule has 1 aliphatic heterocycles. The van der Waals surface area contributed by atoms with E-state index in [-0.39, 0.29) is 11.9 Å². The van der Waals surface area contributed by atoms with Gasteiger partial charge in [-0.2, -0.15) is 0 Å². The first-order valence-electron chi connectivity index (χ1n) is 8.05. The van der Waals surface area contributed by atoms with Crippen molar-refractivity contribution in [3.63, 3.8) is 0 Å². The van der Waals surface area contributed by atoms with Crippen molar-refractivity contribution in [2.24, 2.45) is 5.73 Å². The molecule has 1 saturated heterocycles. The number of rotatable bonds is 6. The lowest BCUT2D eigenvalue weighted by Crippen LogP contribution is -2.54. The topological polar surface area (TPSA) is 67.6 Å². The Morgan fingerprint density at radius 1 is 1.35 bits per heavy atom. The van der Waals surface area contributed by atoms with Gasteiger partial charge in [-0.15, -0.1) is 0 Å². The van der Waals surface area contributed by atoms with E-state index in [9.17, 15) is 4.79 Å². The van der Waals surface area contributed by atoms with Crippen molar-refractivity contribution >= 4 is 21.8 Å². The Kier molecular flexibility index (Phi) is 6.44. The van der Waals surface area contributed by atoms with E-state index in [0.717, 1.165) is 42.7 Å². The minimum Gasteiger partial charge on any atom is -0.492 e. The predicted molar refractivity (Wildman–Crippen MR) is 95.5 cm³/mol. The fraction of sp³-hybridized carbons (Fsp3) is 0.588. The number of ether oxygens (including phenoxy) is 1. The minimum atomic E-state index is -0.810. The molecular formula is C17H26BrN3O2. The third kappa shape index (κ3) is 6.12. The number of carbonyl (C=O) groups excluding carboxylic acids is 1. The van der Waals surface area contributed by atoms with Crippen LogP contribution in [-0.2, 0) is 4.79 Å². The van der Waals surface area contributed by atoms with Gasteiger partial charge in [0, 0.05) is 30.1 Å². The predicted octanol–water partition coefficient (Wildman–Crippen LogP) is 2.15. The van der Waals surface area contributed by atoms with E-state index >= 15 is 0 Å². The molecule has 6 heteroatoms. The third-order valence-corrected chi connectivity index (χ3v) is 4.53. The Morgan fingerprint density at radius 3 is 2.52 bits per heavy atom. The van der Waals surface area contributed by atoms with Gasteiger partial charge in [-0.25, -0.2) is 0 Å². The van der Waals surface area contributed by atoms with Crippen LogP contribution < -0.4 is 15.8 Å². The molecule has 0 saturated carbocycles. The molecule has 5 nitrogen and oxygen atoms in total. The number of nitrogens with one attached hydrogen (secondary N) is 1. The molecule has 0 aliphatic carbocycles. The fourth-order valence-corrected chi connectivity index (χ4v) is 2.76. The van der Waals surface area contributed by atoms with Crippen LogP contribution in [0.1, 0.15) is 26.7 Å². The van der Waals surface area contributed by atoms with Crippen LogP contribution in [0.2, 0.25) is 0 Å². The molecule has 1 heterocycles. The maximum Gasteiger partial charge on any atom is 0.239 e. The SMILES string of the molecule is CC(C)(N)C(=O)NC1CCN(CCOc2ccc(Br)cc2)CC1. The van der Waals surface area contributed by atoms with Crippen LogP contribution >= 0.6 is 15.9 Å². The van der Waals surface area contributed by atoms with Crippen LogP contribution in [0.3, 0.4) is 0 Å². The summed E-state index contributed by atoms with van der Waals surface area (Å²) in [4.78, 5) is 14.3. The fourth-order valence-electron chi connectivity index (χ4n) is 2.50. The summed E-state index contributed by atoms with van der Waals surface area (Å²) in [6.45, 7) is 6.99. The van der Waals surface area contributed by atoms with Crippen LogP contribution in [0.25, 0.3) is 0 Å². The van der Waals surface area contributed by atoms with Crippen LogP contribution in [-0.4, -0.2) is 48.6 Å². The first kappa shape index (κ1) is 18.2. The maximum absolute atomic E-state index is 11.9. The van der Waals surface area contributed by atoms with E-state index in [0.29, 0.717) is 6.61 Å². The van der Waals surface area contributed by atoms with Crippen LogP contribution in [0.15, 0.2) is 28.7 Å². The highest BCUT2D eigenvalue weighted by Crippen LogP contribution is 2.16. The van der Waals surface area contributed by atoms with Gasteiger partial charge in [0.25, 0.3) is 0 Å². The number of piperidine rings is 1. The van der Waals surface area contributed by atoms with Gasteiger partial charge in [0.05, 0.1) is 5.54 Å². The Morgan fingerprint density at radius 2 is 1.96 bits per heavy atom. The van der Waals surface area contributed by atoms with Crippen molar-refractivity contribution in [1.29, 1.82) is 0 Å². The normalized spacial score (nSPS) is 17.0. The molecule has 3 N–H and O–H groups in total. The highest BCUT2D eigenvalue weighted by atomic mass is 79.9. The minimum absolute atomic E-state index is 0.0745. The summed E-state index contributed by atoms with van der Waals surface area (Å²) in [7, 11) is 0. The van der Waals surface area contributed by atoms with Crippen LogP contribution in [0.4, 0.5) is 0 Å². The first-order valence-corrected chi connectivity index (χ1v) is 8.84. The molecule has 23 heavy (non-hydrogen) atoms. The molecule has 2 rings (SSSR count). The van der Waals surface area contributed by atoms with E-state index in [4.69, 9.17) is 10.5 Å². The zero-order valence-corrected chi connectivity index (χ0v) is 15.4. The highest BCUT2D eigenvalue weighted by Gasteiger charge is 2.26. The molecule has 0 atom stereocenters. The van der Waals surface area contributed by atoms with Crippen LogP contribution in [0, 0.1) is 0 Å². The van der Waals surface area contributed by atoms with Crippen molar-refractivity contribution in [3.05, 3.63) is 28.7 Å². The molecule has 1 aromatic carbocycles. The lowest BCUT2D eigenvalue weighted by atomic mass is 10.0. The largest absolute Gasteiger partial charge is 0.492 e. The van der Waals surface area contributed by atoms with Gasteiger partial charge >= 0.3 is 0 Å². The molecule has 1 fully saturated rings. The van der Waals surface area contributed by atoms with E-state index in [1.54, 1.807) is 13.8 Å². The molecule has 128 valence electrons. The van der Waals surface area contributed by atoms with Gasteiger partial charge in [0.2, 0.25) is 5.91 Å². The summed E-state index contributed by atoms with van der Waals surface area (Å²) >= 11 is 3.41. The lowest BCUT2D eigenvalue weighted by Gasteiger charge is -2.33. The molecule has 0 aromatic heterocycles. The molecule has 0 radical (unpaired) electrons. The second-order valence-corrected chi connectivity index (χ2v) is 7.53. The van der Waals surface area contributed by atoms with Gasteiger partial charge in [0.1, 0.15) is 12.4 Å². The summed E-state index contributed by atoms with van der Waals surface area (Å²) in [5, 5.41) is 3.04. The Hall–Kier alpha value is -1.11. The summed E-state index contributed by atoms with van der Waals surface area (Å²) < 4.78 is 6.80. The maximum atomic E-state index is 11.9. The molecule has 0 spiro atoms. The van der Waals surface area contributed by atoms with Crippen molar-refractivity contribution in [2.45, 2.75) is 38.3 Å². The zero-order chi connectivity index (χ0) is 16.9. The average molecular weight is 384 g/mol. The summed E-state index contributed by atoms with van der Waals surface area (Å²) in [6.07, 6.45) is 1.92. The molecule has 1 aliphatic rings. The molecule has 0 bridgehead atoms. The number of hydrogen-bond acceptors (Lipinski definition) is 4. The number of nitrogens with zero attached hydrogens (tertiary/aromatic N) is 1. The summed E-state index contributed by atoms with van der Waals surface area (Å²) in [5.74, 6) is 0.815. The number of carbonyl (C=O) groups is 1. The number of nitrogens with two attached hydrogens (primary N) is 1. The molecule has 0 unspecified atom stereocenters. The van der Waals surface area contributed by atoms with Crippen molar-refractivity contribution in [3.8, 4) is 5.75 Å². The van der Waals surface area contributed by atoms with Gasteiger partial charge in [-0.3, -0.25) is 9.69 Å². The Labute approximate surface area is 146 Å². The van der Waals surface area contributed by atoms with Crippen molar-refractivity contribution in [1.82, 2.24) is 10.2 Å². The van der Waals surface area contributed by atoms with Crippen molar-refractivity contribution < 1.29 is 9.53 Å². The number of hydrogen-bond donors (Lipinski definition) is 2. The number of benzene rings is 1. The molecular weight excluding hydrogens is 358 g/mol. The summed E-state index contributed by atoms with van der Waals surface area (Å²) in [6, 6.07) is 8.10. The highest BCUT2D eigenvalue weighted by molar-refractivity contribution is 9.10. The first-order chi connectivity index (χ1) is 10.8. The van der Waals surface area contributed by atoms with Crippen LogP contribution in [0.5, 0.6) is 5.75 Å². The van der Waals surface area contributed by atoms with E-state index in [2.05, 4.69) is 26.1 Å². The monoisotopic (exact) mass is 383 g/mol. The second kappa shape index (κ2) is 8.13. The second-order valence-electron chi connectivity index (χ2n) is 6.61. The zero-order valence-electron chi connectivity index (χ0n) is 13.8. The van der Waals surface area contributed by atoms with E-state index < -0.39 is 5.54 Å². The molecule has 1 amide bonds. The number of likely N-dealkylation sites (tertiary alicyclic amines) is 1. The lowest BCUT2D eigenvalue weighted by molar-refractivity contribution is -0.126. The third-order valence-electron chi connectivity index (χ3n) is 4.00. The van der Waals surface area contributed by atoms with Crippen molar-refractivity contribution in [2.75, 3.05) is 26.2 Å². The Bertz CT molecular complexity index is 506. The number of amides is 1. The standard InChI is InChI=1S/C17H26BrN3O2/c1-17(2,19)16(22)20-14-7-9-21(10-8-14)11-12-23-15-5-3-13(18)4-6-15/h3-6,14H,7-12,19H2,1-2H3,(H,20,22). The van der Waals surface area contributed by atoms with E-state index in [1.807, 2.05) is 24.3 Å². The van der Waals surface area contributed by atoms with Gasteiger partial charge < -0.3 is 15.8 Å². The van der Waals surface area contributed by atoms with Gasteiger partial charge in [0.15, 0.2) is 0 Å². The van der Waals surface area contributed by atoms with Gasteiger partial charge in [-0.1, -0.05) is 15.9 Å². The van der Waals surface area contributed by atoms with E-state index in [1.165, 1.54) is 0 Å². The quantitative estimate of drug-likeness (QED) is 0.789. The average Bonchev–Trinajstić information content (AvgIpc) is 2.50. The summed E-state index contributed by atoms with van der Waals surface area (Å²) in [5.41, 5.74) is 5.00. The molecule has 1 aromatic rings.